The Kier molecular flexibility index (Phi) is 2.22. The minimum Gasteiger partial charge on any atom is -0.368 e. The predicted octanol–water partition coefficient (Wildman–Crippen LogP) is 0.168. The van der Waals surface area contributed by atoms with E-state index in [2.05, 4.69) is 9.97 Å². The van der Waals surface area contributed by atoms with Crippen LogP contribution in [-0.4, -0.2) is 36.0 Å². The highest BCUT2D eigenvalue weighted by Crippen LogP contribution is 2.34. The van der Waals surface area contributed by atoms with Crippen molar-refractivity contribution in [3.8, 4) is 0 Å². The predicted molar refractivity (Wildman–Crippen MR) is 62.5 cm³/mol. The van der Waals surface area contributed by atoms with Crippen molar-refractivity contribution in [2.75, 3.05) is 29.6 Å². The Labute approximate surface area is 94.1 Å². The Hall–Kier alpha value is -1.85. The molecule has 1 aromatic rings. The lowest BCUT2D eigenvalue weighted by Crippen LogP contribution is -2.49. The lowest BCUT2D eigenvalue weighted by Gasteiger charge is -2.37. The van der Waals surface area contributed by atoms with Crippen LogP contribution < -0.4 is 15.5 Å². The third-order valence-electron chi connectivity index (χ3n) is 3.00. The first kappa shape index (κ1) is 10.7. The number of nitrogens with two attached hydrogens (primary N) is 1. The number of nitrogens with zero attached hydrogens (tertiary/aromatic N) is 4. The molecule has 2 rings (SSSR count). The number of anilines is 3. The lowest BCUT2D eigenvalue weighted by atomic mass is 10.1. The zero-order chi connectivity index (χ0) is 12.0. The number of amides is 1. The molecule has 0 unspecified atom stereocenters. The fourth-order valence-electron chi connectivity index (χ4n) is 1.95. The van der Waals surface area contributed by atoms with Crippen molar-refractivity contribution < 1.29 is 4.79 Å². The minimum absolute atomic E-state index is 0.0338. The Bertz CT molecular complexity index is 459. The van der Waals surface area contributed by atoms with Gasteiger partial charge in [-0.25, -0.2) is 4.98 Å². The van der Waals surface area contributed by atoms with Gasteiger partial charge < -0.3 is 15.5 Å². The second-order valence-electron chi connectivity index (χ2n) is 4.02. The highest BCUT2D eigenvalue weighted by atomic mass is 16.2. The van der Waals surface area contributed by atoms with Gasteiger partial charge in [-0.3, -0.25) is 4.79 Å². The summed E-state index contributed by atoms with van der Waals surface area (Å²) in [6, 6.07) is -0.230. The molecule has 2 heterocycles. The summed E-state index contributed by atoms with van der Waals surface area (Å²) in [4.78, 5) is 23.6. The van der Waals surface area contributed by atoms with E-state index in [1.54, 1.807) is 11.9 Å². The second kappa shape index (κ2) is 3.33. The van der Waals surface area contributed by atoms with E-state index in [1.165, 1.54) is 0 Å². The summed E-state index contributed by atoms with van der Waals surface area (Å²) in [7, 11) is 3.57. The summed E-state index contributed by atoms with van der Waals surface area (Å²) >= 11 is 0. The van der Waals surface area contributed by atoms with E-state index >= 15 is 0 Å². The van der Waals surface area contributed by atoms with Gasteiger partial charge in [-0.05, 0) is 13.8 Å². The number of carbonyl (C=O) groups excluding carboxylic acids is 1. The van der Waals surface area contributed by atoms with E-state index in [4.69, 9.17) is 5.73 Å². The van der Waals surface area contributed by atoms with Gasteiger partial charge in [0, 0.05) is 14.1 Å². The van der Waals surface area contributed by atoms with Gasteiger partial charge in [0.1, 0.15) is 11.7 Å². The van der Waals surface area contributed by atoms with Crippen LogP contribution in [0.15, 0.2) is 0 Å². The van der Waals surface area contributed by atoms with Gasteiger partial charge in [0.25, 0.3) is 0 Å². The quantitative estimate of drug-likeness (QED) is 0.675. The molecule has 1 amide bonds. The van der Waals surface area contributed by atoms with Gasteiger partial charge in [-0.2, -0.15) is 4.98 Å². The largest absolute Gasteiger partial charge is 0.368 e. The van der Waals surface area contributed by atoms with E-state index in [0.717, 1.165) is 11.4 Å². The summed E-state index contributed by atoms with van der Waals surface area (Å²) < 4.78 is 0. The average Bonchev–Trinajstić information content (AvgIpc) is 2.22. The molecular formula is C10H15N5O. The highest BCUT2D eigenvalue weighted by molar-refractivity contribution is 6.04. The normalized spacial score (nSPS) is 20.0. The molecule has 0 fully saturated rings. The Morgan fingerprint density at radius 3 is 2.56 bits per heavy atom. The monoisotopic (exact) mass is 221 g/mol. The van der Waals surface area contributed by atoms with E-state index < -0.39 is 0 Å². The molecule has 0 saturated heterocycles. The number of likely N-dealkylation sites (N-methyl/N-ethyl adjacent to an activating group) is 2. The number of aryl methyl sites for hydroxylation is 1. The summed E-state index contributed by atoms with van der Waals surface area (Å²) in [6.45, 7) is 3.67. The first-order chi connectivity index (χ1) is 7.43. The van der Waals surface area contributed by atoms with Gasteiger partial charge in [0.05, 0.1) is 5.69 Å². The van der Waals surface area contributed by atoms with Crippen molar-refractivity contribution in [1.82, 2.24) is 9.97 Å². The Balaban J connectivity index is 2.68. The van der Waals surface area contributed by atoms with Crippen LogP contribution in [0.3, 0.4) is 0 Å². The van der Waals surface area contributed by atoms with Crippen molar-refractivity contribution in [3.63, 3.8) is 0 Å². The Morgan fingerprint density at radius 2 is 1.94 bits per heavy atom. The highest BCUT2D eigenvalue weighted by Gasteiger charge is 2.34. The van der Waals surface area contributed by atoms with Gasteiger partial charge in [0.2, 0.25) is 11.9 Å². The topological polar surface area (TPSA) is 75.3 Å². The number of nitrogen functional groups attached to an aromatic ring is 1. The van der Waals surface area contributed by atoms with Crippen LogP contribution in [0.4, 0.5) is 17.5 Å². The van der Waals surface area contributed by atoms with E-state index in [-0.39, 0.29) is 17.9 Å². The molecular weight excluding hydrogens is 206 g/mol. The molecule has 0 aliphatic carbocycles. The Morgan fingerprint density at radius 1 is 1.31 bits per heavy atom. The minimum atomic E-state index is -0.230. The van der Waals surface area contributed by atoms with Crippen molar-refractivity contribution in [1.29, 1.82) is 0 Å². The third-order valence-corrected chi connectivity index (χ3v) is 3.00. The zero-order valence-corrected chi connectivity index (χ0v) is 9.85. The van der Waals surface area contributed by atoms with Crippen LogP contribution in [0.1, 0.15) is 12.6 Å². The van der Waals surface area contributed by atoms with Gasteiger partial charge >= 0.3 is 0 Å². The molecule has 1 aliphatic rings. The molecule has 0 saturated carbocycles. The maximum Gasteiger partial charge on any atom is 0.249 e. The zero-order valence-electron chi connectivity index (χ0n) is 9.85. The number of rotatable bonds is 0. The maximum atomic E-state index is 11.9. The van der Waals surface area contributed by atoms with Crippen LogP contribution >= 0.6 is 0 Å². The summed E-state index contributed by atoms with van der Waals surface area (Å²) in [5, 5.41) is 0. The molecule has 0 bridgehead atoms. The van der Waals surface area contributed by atoms with Crippen molar-refractivity contribution in [2.24, 2.45) is 0 Å². The van der Waals surface area contributed by atoms with Crippen LogP contribution in [0.2, 0.25) is 0 Å². The van der Waals surface area contributed by atoms with Gasteiger partial charge in [-0.15, -0.1) is 0 Å². The molecule has 1 atom stereocenters. The number of hydrogen-bond acceptors (Lipinski definition) is 5. The van der Waals surface area contributed by atoms with Crippen LogP contribution in [0, 0.1) is 6.92 Å². The van der Waals surface area contributed by atoms with Crippen LogP contribution in [0.25, 0.3) is 0 Å². The SMILES string of the molecule is Cc1nc(N)nc2c1N(C)C(=O)[C@H](C)N2C. The summed E-state index contributed by atoms with van der Waals surface area (Å²) in [5.74, 6) is 0.976. The second-order valence-corrected chi connectivity index (χ2v) is 4.02. The summed E-state index contributed by atoms with van der Waals surface area (Å²) in [6.07, 6.45) is 0. The number of fused-ring (bicyclic) bond motifs is 1. The van der Waals surface area contributed by atoms with E-state index in [1.807, 2.05) is 25.8 Å². The molecule has 1 aromatic heterocycles. The molecule has 86 valence electrons. The molecule has 6 heteroatoms. The lowest BCUT2D eigenvalue weighted by molar-refractivity contribution is -0.119. The number of hydrogen-bond donors (Lipinski definition) is 1. The van der Waals surface area contributed by atoms with Crippen molar-refractivity contribution in [3.05, 3.63) is 5.69 Å². The first-order valence-corrected chi connectivity index (χ1v) is 5.08. The van der Waals surface area contributed by atoms with Gasteiger partial charge in [-0.1, -0.05) is 0 Å². The first-order valence-electron chi connectivity index (χ1n) is 5.08. The fourth-order valence-corrected chi connectivity index (χ4v) is 1.95. The van der Waals surface area contributed by atoms with Gasteiger partial charge in [0.15, 0.2) is 5.82 Å². The smallest absolute Gasteiger partial charge is 0.249 e. The standard InChI is InChI=1S/C10H15N5O/c1-5-7-8(13-10(11)12-5)14(3)6(2)9(16)15(7)4/h6H,1-4H3,(H2,11,12,13)/t6-/m0/s1. The average molecular weight is 221 g/mol. The maximum absolute atomic E-state index is 11.9. The fraction of sp³-hybridized carbons (Fsp3) is 0.500. The molecule has 1 aliphatic heterocycles. The van der Waals surface area contributed by atoms with E-state index in [9.17, 15) is 4.79 Å². The summed E-state index contributed by atoms with van der Waals surface area (Å²) in [5.41, 5.74) is 7.07. The number of carbonyl (C=O) groups is 1. The molecule has 0 spiro atoms. The molecule has 0 radical (unpaired) electrons. The van der Waals surface area contributed by atoms with Crippen LogP contribution in [0.5, 0.6) is 0 Å². The molecule has 2 N–H and O–H groups in total. The molecule has 0 aromatic carbocycles. The number of aromatic nitrogens is 2. The molecule has 6 nitrogen and oxygen atoms in total. The van der Waals surface area contributed by atoms with Crippen molar-refractivity contribution in [2.45, 2.75) is 19.9 Å². The third kappa shape index (κ3) is 1.30. The van der Waals surface area contributed by atoms with Crippen LogP contribution in [-0.2, 0) is 4.79 Å². The van der Waals surface area contributed by atoms with E-state index in [0.29, 0.717) is 5.82 Å². The van der Waals surface area contributed by atoms with Crippen molar-refractivity contribution >= 4 is 23.4 Å². The molecule has 16 heavy (non-hydrogen) atoms.